The minimum Gasteiger partial charge on any atom is -0.507 e. The maximum absolute atomic E-state index is 11.2. The van der Waals surface area contributed by atoms with E-state index in [4.69, 9.17) is 26.3 Å². The lowest BCUT2D eigenvalue weighted by atomic mass is 10.0. The molecule has 2 aromatic rings. The van der Waals surface area contributed by atoms with Crippen molar-refractivity contribution in [2.24, 2.45) is 11.8 Å². The van der Waals surface area contributed by atoms with Crippen LogP contribution in [0.25, 0.3) is 0 Å². The summed E-state index contributed by atoms with van der Waals surface area (Å²) in [4.78, 5) is 10.5. The van der Waals surface area contributed by atoms with E-state index in [1.54, 1.807) is 18.2 Å². The van der Waals surface area contributed by atoms with Crippen molar-refractivity contribution in [1.82, 2.24) is 0 Å². The summed E-state index contributed by atoms with van der Waals surface area (Å²) in [5.74, 6) is 4.77. The topological polar surface area (TPSA) is 126 Å². The first-order chi connectivity index (χ1) is 13.2. The molecule has 4 N–H and O–H groups in total. The first kappa shape index (κ1) is 22.7. The van der Waals surface area contributed by atoms with Gasteiger partial charge in [0, 0.05) is 9.92 Å². The van der Waals surface area contributed by atoms with Crippen LogP contribution in [0.3, 0.4) is 0 Å². The molecule has 2 atom stereocenters. The molecule has 0 amide bonds. The third kappa shape index (κ3) is 6.80. The first-order valence-electron chi connectivity index (χ1n) is 8.29. The van der Waals surface area contributed by atoms with E-state index in [0.717, 1.165) is 10.5 Å². The molecule has 10 heteroatoms. The second-order valence-corrected chi connectivity index (χ2v) is 9.09. The highest BCUT2D eigenvalue weighted by molar-refractivity contribution is 7.99. The summed E-state index contributed by atoms with van der Waals surface area (Å²) in [6.07, 6.45) is 1.34. The summed E-state index contributed by atoms with van der Waals surface area (Å²) >= 11 is 7.68. The van der Waals surface area contributed by atoms with E-state index >= 15 is 0 Å². The fraction of sp³-hybridized carbons (Fsp3) is 0.278. The molecule has 0 heterocycles. The minimum absolute atomic E-state index is 0.00795. The number of phosphoric ester groups is 1. The Labute approximate surface area is 172 Å². The van der Waals surface area contributed by atoms with Gasteiger partial charge in [0.25, 0.3) is 0 Å². The van der Waals surface area contributed by atoms with Gasteiger partial charge in [0.15, 0.2) is 0 Å². The molecule has 0 aliphatic heterocycles. The smallest absolute Gasteiger partial charge is 0.488 e. The maximum atomic E-state index is 11.2. The maximum Gasteiger partial charge on any atom is 0.488 e. The number of phenols is 1. The number of rotatable bonds is 9. The van der Waals surface area contributed by atoms with Gasteiger partial charge in [-0.05, 0) is 54.7 Å². The van der Waals surface area contributed by atoms with Crippen LogP contribution in [0.1, 0.15) is 24.5 Å². The number of nitrogens with zero attached hydrogens (tertiary/aromatic N) is 1. The lowest BCUT2D eigenvalue weighted by Gasteiger charge is -2.14. The molecule has 0 saturated heterocycles. The molecular weight excluding hydrogens is 423 g/mol. The molecule has 7 nitrogen and oxygen atoms in total. The van der Waals surface area contributed by atoms with Crippen molar-refractivity contribution in [2.75, 3.05) is 6.61 Å². The second-order valence-electron chi connectivity index (χ2n) is 6.16. The van der Waals surface area contributed by atoms with Gasteiger partial charge in [0.05, 0.1) is 23.1 Å². The van der Waals surface area contributed by atoms with E-state index in [1.165, 1.54) is 17.8 Å². The van der Waals surface area contributed by atoms with E-state index in [2.05, 4.69) is 10.5 Å². The normalized spacial score (nSPS) is 14.2. The lowest BCUT2D eigenvalue weighted by molar-refractivity contribution is 0.133. The Hall–Kier alpha value is -1.56. The van der Waals surface area contributed by atoms with Crippen LogP contribution in [0.15, 0.2) is 46.2 Å². The van der Waals surface area contributed by atoms with Gasteiger partial charge in [-0.1, -0.05) is 36.4 Å². The molecule has 2 aromatic carbocycles. The Kier molecular flexibility index (Phi) is 8.35. The molecule has 2 unspecified atom stereocenters. The Balaban J connectivity index is 1.97. The molecule has 0 aliphatic rings. The zero-order chi connectivity index (χ0) is 20.7. The molecule has 150 valence electrons. The van der Waals surface area contributed by atoms with Crippen LogP contribution in [0.2, 0.25) is 5.02 Å². The molecule has 0 bridgehead atoms. The fourth-order valence-electron chi connectivity index (χ4n) is 2.32. The average molecular weight is 443 g/mol. The monoisotopic (exact) mass is 442 g/mol. The molecule has 28 heavy (non-hydrogen) atoms. The van der Waals surface area contributed by atoms with Gasteiger partial charge in [0.1, 0.15) is 5.75 Å². The van der Waals surface area contributed by atoms with Gasteiger partial charge in [-0.25, -0.2) is 15.1 Å². The van der Waals surface area contributed by atoms with Gasteiger partial charge >= 0.3 is 7.82 Å². The molecule has 2 rings (SSSR count). The predicted octanol–water partition coefficient (Wildman–Crippen LogP) is 4.64. The largest absolute Gasteiger partial charge is 0.507 e. The van der Waals surface area contributed by atoms with Gasteiger partial charge in [-0.15, -0.1) is 0 Å². The minimum atomic E-state index is -4.17. The molecule has 0 aliphatic carbocycles. The number of benzene rings is 2. The molecule has 0 radical (unpaired) electrons. The van der Waals surface area contributed by atoms with Crippen LogP contribution < -0.4 is 5.90 Å². The van der Waals surface area contributed by atoms with Crippen LogP contribution in [0.5, 0.6) is 5.75 Å². The predicted molar refractivity (Wildman–Crippen MR) is 107 cm³/mol. The number of halogens is 1. The highest BCUT2D eigenvalue weighted by atomic mass is 35.5. The molecule has 0 saturated carbocycles. The number of hydrogen-bond donors (Lipinski definition) is 3. The quantitative estimate of drug-likeness (QED) is 0.378. The van der Waals surface area contributed by atoms with E-state index in [1.807, 2.05) is 25.1 Å². The van der Waals surface area contributed by atoms with E-state index < -0.39 is 7.82 Å². The van der Waals surface area contributed by atoms with Crippen LogP contribution >= 0.6 is 31.2 Å². The first-order valence-corrected chi connectivity index (χ1v) is 11.0. The van der Waals surface area contributed by atoms with Crippen molar-refractivity contribution in [3.63, 3.8) is 0 Å². The van der Waals surface area contributed by atoms with E-state index in [9.17, 15) is 9.67 Å². The molecule has 0 aromatic heterocycles. The van der Waals surface area contributed by atoms with Crippen molar-refractivity contribution >= 4 is 31.2 Å². The summed E-state index contributed by atoms with van der Waals surface area (Å²) in [6.45, 7) is 1.91. The summed E-state index contributed by atoms with van der Waals surface area (Å²) in [5, 5.41) is 19.5. The van der Waals surface area contributed by atoms with Gasteiger partial charge in [0.2, 0.25) is 0 Å². The van der Waals surface area contributed by atoms with Gasteiger partial charge in [-0.2, -0.15) is 5.26 Å². The lowest BCUT2D eigenvalue weighted by Crippen LogP contribution is -2.08. The summed E-state index contributed by atoms with van der Waals surface area (Å²) in [7, 11) is -4.17. The number of aromatic hydroxyl groups is 1. The van der Waals surface area contributed by atoms with Crippen molar-refractivity contribution in [2.45, 2.75) is 29.6 Å². The van der Waals surface area contributed by atoms with Gasteiger partial charge < -0.3 is 10.00 Å². The number of phenolic OH excluding ortho intramolecular Hbond substituents is 1. The van der Waals surface area contributed by atoms with Gasteiger partial charge in [-0.3, -0.25) is 4.52 Å². The molecule has 0 spiro atoms. The third-order valence-electron chi connectivity index (χ3n) is 3.90. The van der Waals surface area contributed by atoms with Crippen molar-refractivity contribution < 1.29 is 23.7 Å². The number of aryl methyl sites for hydroxylation is 1. The fourth-order valence-corrected chi connectivity index (χ4v) is 4.09. The number of nitrogens with two attached hydrogens (primary N) is 1. The summed E-state index contributed by atoms with van der Waals surface area (Å²) < 4.78 is 19.8. The zero-order valence-corrected chi connectivity index (χ0v) is 17.5. The van der Waals surface area contributed by atoms with Crippen LogP contribution in [0, 0.1) is 17.2 Å². The molecule has 0 fully saturated rings. The SMILES string of the molecule is CC(CCc1ccc(Sc2cc(C#N)ccc2O)cc1Cl)COP(=O)(O)ON. The summed E-state index contributed by atoms with van der Waals surface area (Å²) in [5.41, 5.74) is 1.39. The third-order valence-corrected chi connectivity index (χ3v) is 6.03. The van der Waals surface area contributed by atoms with E-state index in [0.29, 0.717) is 28.3 Å². The summed E-state index contributed by atoms with van der Waals surface area (Å²) in [6, 6.07) is 12.3. The Morgan fingerprint density at radius 2 is 2.11 bits per heavy atom. The Morgan fingerprint density at radius 3 is 2.75 bits per heavy atom. The van der Waals surface area contributed by atoms with E-state index in [-0.39, 0.29) is 18.3 Å². The molecular formula is C18H20ClN2O5PS. The highest BCUT2D eigenvalue weighted by Crippen LogP contribution is 2.41. The average Bonchev–Trinajstić information content (AvgIpc) is 2.67. The van der Waals surface area contributed by atoms with Crippen molar-refractivity contribution in [3.05, 3.63) is 52.5 Å². The number of phosphoric acid groups is 1. The van der Waals surface area contributed by atoms with Crippen LogP contribution in [0.4, 0.5) is 0 Å². The Bertz CT molecular complexity index is 921. The number of hydrogen-bond acceptors (Lipinski definition) is 7. The standard InChI is InChI=1S/C18H20ClN2O5PS/c1-12(11-25-27(23,24)26-21)2-4-14-5-6-15(9-16(14)19)28-18-8-13(10-20)3-7-17(18)22/h3,5-9,12,22H,2,4,11,21H2,1H3,(H,23,24). The second kappa shape index (κ2) is 10.3. The zero-order valence-electron chi connectivity index (χ0n) is 15.0. The number of nitriles is 1. The Morgan fingerprint density at radius 1 is 1.36 bits per heavy atom. The van der Waals surface area contributed by atoms with Crippen LogP contribution in [-0.4, -0.2) is 16.6 Å². The van der Waals surface area contributed by atoms with Crippen LogP contribution in [-0.2, 0) is 20.1 Å². The van der Waals surface area contributed by atoms with Crippen molar-refractivity contribution in [1.29, 1.82) is 5.26 Å². The van der Waals surface area contributed by atoms with Crippen molar-refractivity contribution in [3.8, 4) is 11.8 Å². The highest BCUT2D eigenvalue weighted by Gasteiger charge is 2.20.